The van der Waals surface area contributed by atoms with E-state index in [1.54, 1.807) is 0 Å². The lowest BCUT2D eigenvalue weighted by molar-refractivity contribution is -0.222. The lowest BCUT2D eigenvalue weighted by Crippen LogP contribution is -2.71. The van der Waals surface area contributed by atoms with Gasteiger partial charge in [-0.3, -0.25) is 24.0 Å². The molecule has 1 saturated heterocycles. The molecule has 11 saturated carbocycles. The molecule has 12 fully saturated rings. The van der Waals surface area contributed by atoms with Crippen molar-refractivity contribution in [1.29, 1.82) is 0 Å². The Hall–Kier alpha value is -4.44. The third kappa shape index (κ3) is 14.2. The summed E-state index contributed by atoms with van der Waals surface area (Å²) in [5.41, 5.74) is -1.97. The Labute approximate surface area is 738 Å². The number of ketones is 5. The number of carbonyl (C=O) groups is 8. The van der Waals surface area contributed by atoms with E-state index in [1.165, 1.54) is 12.0 Å². The number of amides is 3. The van der Waals surface area contributed by atoms with Gasteiger partial charge < -0.3 is 34.9 Å². The molecule has 1 spiro atoms. The molecule has 3 N–H and O–H groups in total. The Kier molecular flexibility index (Phi) is 22.1. The fourth-order valence-corrected chi connectivity index (χ4v) is 34.1. The number of hydrogen-bond donors (Lipinski definition) is 3. The van der Waals surface area contributed by atoms with Gasteiger partial charge in [-0.2, -0.15) is 0 Å². The number of alkyl carbamates (subject to hydrolysis) is 3. The van der Waals surface area contributed by atoms with Crippen LogP contribution in [0.3, 0.4) is 0 Å². The van der Waals surface area contributed by atoms with Gasteiger partial charge in [0.25, 0.3) is 0 Å². The number of rotatable bonds is 6. The van der Waals surface area contributed by atoms with E-state index in [9.17, 15) is 38.4 Å². The van der Waals surface area contributed by atoms with Crippen molar-refractivity contribution in [2.45, 2.75) is 384 Å². The highest BCUT2D eigenvalue weighted by Gasteiger charge is 2.85. The normalized spacial score (nSPS) is 46.1. The van der Waals surface area contributed by atoms with Crippen LogP contribution < -0.4 is 16.0 Å². The molecular formula is C105H162BrN3O12. The van der Waals surface area contributed by atoms with Crippen LogP contribution in [-0.2, 0) is 42.9 Å². The van der Waals surface area contributed by atoms with Crippen molar-refractivity contribution >= 4 is 63.1 Å². The number of carbonyl (C=O) groups excluding carboxylic acids is 8. The zero-order valence-electron chi connectivity index (χ0n) is 81.0. The first-order chi connectivity index (χ1) is 55.1. The number of epoxide rings is 1. The largest absolute Gasteiger partial charge is 0.444 e. The zero-order valence-corrected chi connectivity index (χ0v) is 82.6. The number of allylic oxidation sites excluding steroid dienone is 8. The van der Waals surface area contributed by atoms with Gasteiger partial charge in [-0.25, -0.2) is 14.4 Å². The summed E-state index contributed by atoms with van der Waals surface area (Å²) in [5, 5.41) is 9.54. The summed E-state index contributed by atoms with van der Waals surface area (Å²) in [6.07, 6.45) is 35.7. The molecule has 15 nitrogen and oxygen atoms in total. The molecule has 16 heteroatoms. The summed E-state index contributed by atoms with van der Waals surface area (Å²) in [4.78, 5) is 107. The average Bonchev–Trinajstić information content (AvgIpc) is 1.47. The fourth-order valence-electron chi connectivity index (χ4n) is 33.1. The molecule has 4 unspecified atom stereocenters. The van der Waals surface area contributed by atoms with E-state index < -0.39 is 27.6 Å². The predicted octanol–water partition coefficient (Wildman–Crippen LogP) is 24.3. The Morgan fingerprint density at radius 2 is 0.851 bits per heavy atom. The molecule has 676 valence electrons. The van der Waals surface area contributed by atoms with Crippen LogP contribution in [0.4, 0.5) is 14.4 Å². The van der Waals surface area contributed by atoms with E-state index in [4.69, 9.17) is 18.9 Å². The minimum absolute atomic E-state index is 0.00414. The molecule has 24 atom stereocenters. The highest BCUT2D eigenvalue weighted by Crippen LogP contribution is 2.84. The van der Waals surface area contributed by atoms with E-state index in [1.807, 2.05) is 80.5 Å². The third-order valence-electron chi connectivity index (χ3n) is 40.4. The summed E-state index contributed by atoms with van der Waals surface area (Å²) >= 11 is 3.62. The molecule has 1 aliphatic heterocycles. The minimum atomic E-state index is -0.549. The second-order valence-electron chi connectivity index (χ2n) is 52.9. The van der Waals surface area contributed by atoms with Crippen molar-refractivity contribution in [3.05, 3.63) is 46.5 Å². The van der Waals surface area contributed by atoms with Gasteiger partial charge in [0.15, 0.2) is 23.1 Å². The summed E-state index contributed by atoms with van der Waals surface area (Å²) < 4.78 is 24.7. The molecule has 0 aromatic heterocycles. The molecular weight excluding hydrogens is 1580 g/mol. The third-order valence-corrected chi connectivity index (χ3v) is 41.0. The molecule has 121 heavy (non-hydrogen) atoms. The zero-order chi connectivity index (χ0) is 89.7. The van der Waals surface area contributed by atoms with E-state index >= 15 is 0 Å². The fraction of sp³-hybridized carbons (Fsp3) is 0.848. The first kappa shape index (κ1) is 92.7. The van der Waals surface area contributed by atoms with Crippen LogP contribution in [0, 0.1) is 157 Å². The second-order valence-corrected chi connectivity index (χ2v) is 53.7. The standard InChI is InChI=1S/C35H52BrNO4.2C35H55NO4/c1-29(2,3)41-28(40)37-20-35-15-13-30(4,5)18-21(35)26-23(38)17-25-32(8)19-22(36)27(39)31(6,7)24(32)11-12-33(25,9)34(26,10)14-16-35;1-28(2,3)40-27(38)36-21-34-17-15-29(4,5)20-24(34)35-26(39-35)19-23-31(8)13-12-25(37)30(6,7)22(31)11-14-32(23,9)33(35,10)16-18-34;1-29(2,3)40-28(39)36-21-35-17-15-30(4,5)20-22(35)27-23(37)19-25-32(8)13-12-26(38)31(6,7)24(32)11-14-33(25,9)34(27,10)16-18-35/h17,19,21,24,26H,11-16,18,20H2,1-10H3,(H,37,40);12-13,22-24,26H,11,14-21H2,1-10H3,(H,36,38);12-13,22,24-25,27H,11,14-21H2,1-10H3,(H,36,39)/t21-,24-,26-,32-,33+,34+,35+;22-,23?,24+,26?,31-,32+,33-,34+,35?;22-,24-,25?,27-,32-,33+,34+,35+/m000/s1. The molecule has 16 aliphatic rings. The quantitative estimate of drug-likeness (QED) is 0.167. The Morgan fingerprint density at radius 1 is 0.438 bits per heavy atom. The maximum atomic E-state index is 14.6. The summed E-state index contributed by atoms with van der Waals surface area (Å²) in [5.74, 6) is 3.69. The minimum Gasteiger partial charge on any atom is -0.444 e. The molecule has 1 heterocycles. The van der Waals surface area contributed by atoms with E-state index in [2.05, 4.69) is 196 Å². The Balaban J connectivity index is 0.000000148. The number of hydrogen-bond acceptors (Lipinski definition) is 12. The SMILES string of the molecule is CC1(C)CC[C@]2(CNC(=O)OC(C)(C)C)CC[C@]3(C)C4(OC4CC4[C@@]5(C)C=CC(=O)C(C)(C)[C@@H]5CC[C@]43C)[C@@H]2C1.CC1(C)CC[C@]2(CNC(=O)OC(C)(C)C)CC[C@]3(C)[C@H](C(=O)C=C4[C@@]5(C)C=C(Br)C(=O)C(C)(C)[C@@H]5CC[C@]43C)[C@@H]2C1.CC1(C)CC[C@]2(CNC(=O)OC(C)(C)C)CC[C@]3(C)[C@H](C(=O)CC4[C@@]5(C)C=CC(=O)C(C)(C)[C@@H]5CC[C@]43C)[C@@H]2C1. The average molecular weight is 1740 g/mol. The van der Waals surface area contributed by atoms with Crippen LogP contribution in [0.1, 0.15) is 355 Å². The summed E-state index contributed by atoms with van der Waals surface area (Å²) in [6, 6.07) is 0. The Morgan fingerprint density at radius 3 is 1.34 bits per heavy atom. The lowest BCUT2D eigenvalue weighted by Gasteiger charge is -2.72. The van der Waals surface area contributed by atoms with Gasteiger partial charge in [-0.15, -0.1) is 0 Å². The number of Topliss-reactive ketones (excluding diaryl/α,β-unsaturated/α-hetero) is 2. The van der Waals surface area contributed by atoms with Crippen LogP contribution in [0.2, 0.25) is 0 Å². The first-order valence-corrected chi connectivity index (χ1v) is 48.7. The molecule has 0 aromatic rings. The topological polar surface area (TPSA) is 213 Å². The molecule has 0 aromatic carbocycles. The van der Waals surface area contributed by atoms with Gasteiger partial charge in [0.1, 0.15) is 28.2 Å². The van der Waals surface area contributed by atoms with Gasteiger partial charge in [0.2, 0.25) is 0 Å². The highest BCUT2D eigenvalue weighted by atomic mass is 79.9. The van der Waals surface area contributed by atoms with E-state index in [0.717, 1.165) is 135 Å². The highest BCUT2D eigenvalue weighted by molar-refractivity contribution is 9.12. The molecule has 3 amide bonds. The number of halogens is 1. The summed E-state index contributed by atoms with van der Waals surface area (Å²) in [7, 11) is 0. The molecule has 0 radical (unpaired) electrons. The van der Waals surface area contributed by atoms with Gasteiger partial charge in [-0.05, 0) is 355 Å². The van der Waals surface area contributed by atoms with Crippen molar-refractivity contribution in [2.75, 3.05) is 19.6 Å². The molecule has 0 bridgehead atoms. The van der Waals surface area contributed by atoms with E-state index in [-0.39, 0.29) is 175 Å². The maximum absolute atomic E-state index is 14.6. The number of nitrogens with one attached hydrogen (secondary N) is 3. The van der Waals surface area contributed by atoms with Gasteiger partial charge in [-0.1, -0.05) is 169 Å². The maximum Gasteiger partial charge on any atom is 0.407 e. The first-order valence-electron chi connectivity index (χ1n) is 47.9. The summed E-state index contributed by atoms with van der Waals surface area (Å²) in [6.45, 7) is 68.0. The van der Waals surface area contributed by atoms with Crippen molar-refractivity contribution in [1.82, 2.24) is 16.0 Å². The van der Waals surface area contributed by atoms with Gasteiger partial charge in [0, 0.05) is 65.0 Å². The smallest absolute Gasteiger partial charge is 0.407 e. The van der Waals surface area contributed by atoms with Gasteiger partial charge in [0.05, 0.1) is 10.6 Å². The van der Waals surface area contributed by atoms with E-state index in [0.29, 0.717) is 59.9 Å². The van der Waals surface area contributed by atoms with Gasteiger partial charge >= 0.3 is 18.3 Å². The van der Waals surface area contributed by atoms with Crippen molar-refractivity contribution < 1.29 is 57.3 Å². The Bertz CT molecular complexity index is 4380. The lowest BCUT2D eigenvalue weighted by atomic mass is 9.32. The van der Waals surface area contributed by atoms with Crippen molar-refractivity contribution in [3.8, 4) is 0 Å². The number of fused-ring (bicyclic) bond motifs is 19. The van der Waals surface area contributed by atoms with Crippen LogP contribution in [0.5, 0.6) is 0 Å². The second kappa shape index (κ2) is 28.8. The number of ether oxygens (including phenoxy) is 4. The predicted molar refractivity (Wildman–Crippen MR) is 483 cm³/mol. The molecule has 15 aliphatic carbocycles. The van der Waals surface area contributed by atoms with Crippen LogP contribution in [0.15, 0.2) is 46.5 Å². The van der Waals surface area contributed by atoms with Crippen molar-refractivity contribution in [2.24, 2.45) is 157 Å². The molecule has 16 rings (SSSR count). The van der Waals surface area contributed by atoms with Crippen LogP contribution in [0.25, 0.3) is 0 Å². The van der Waals surface area contributed by atoms with Crippen LogP contribution in [-0.4, -0.2) is 95.3 Å². The van der Waals surface area contributed by atoms with Crippen LogP contribution >= 0.6 is 15.9 Å². The van der Waals surface area contributed by atoms with Crippen molar-refractivity contribution in [3.63, 3.8) is 0 Å². The monoisotopic (exact) mass is 1740 g/mol.